The molecule has 1 saturated heterocycles. The van der Waals surface area contributed by atoms with Crippen molar-refractivity contribution in [3.05, 3.63) is 29.8 Å². The topological polar surface area (TPSA) is 55.6 Å². The Morgan fingerprint density at radius 2 is 2.35 bits per heavy atom. The Bertz CT molecular complexity index is 462. The standard InChI is InChI=1S/C16H24N2O2/c1-3-6-14(17)16(19)18-10-5-9-15(18)12-7-4-8-13(11-12)20-2/h4,7-8,11,14-15H,3,5-6,9-10,17H2,1-2H3. The summed E-state index contributed by atoms with van der Waals surface area (Å²) in [7, 11) is 1.66. The second kappa shape index (κ2) is 6.75. The van der Waals surface area contributed by atoms with Crippen LogP contribution in [0, 0.1) is 0 Å². The van der Waals surface area contributed by atoms with E-state index in [4.69, 9.17) is 10.5 Å². The highest BCUT2D eigenvalue weighted by atomic mass is 16.5. The van der Waals surface area contributed by atoms with E-state index in [1.165, 1.54) is 0 Å². The van der Waals surface area contributed by atoms with Gasteiger partial charge < -0.3 is 15.4 Å². The molecule has 20 heavy (non-hydrogen) atoms. The summed E-state index contributed by atoms with van der Waals surface area (Å²) in [6, 6.07) is 7.74. The summed E-state index contributed by atoms with van der Waals surface area (Å²) in [6.45, 7) is 2.86. The number of nitrogens with zero attached hydrogens (tertiary/aromatic N) is 1. The number of amides is 1. The molecule has 1 fully saturated rings. The average Bonchev–Trinajstić information content (AvgIpc) is 2.96. The fraction of sp³-hybridized carbons (Fsp3) is 0.562. The molecule has 1 aromatic carbocycles. The van der Waals surface area contributed by atoms with Crippen LogP contribution in [0.3, 0.4) is 0 Å². The van der Waals surface area contributed by atoms with Gasteiger partial charge in [0.05, 0.1) is 19.2 Å². The van der Waals surface area contributed by atoms with Crippen molar-refractivity contribution in [1.82, 2.24) is 4.90 Å². The largest absolute Gasteiger partial charge is 0.497 e. The summed E-state index contributed by atoms with van der Waals surface area (Å²) >= 11 is 0. The molecule has 0 aliphatic carbocycles. The van der Waals surface area contributed by atoms with Crippen LogP contribution in [-0.4, -0.2) is 30.5 Å². The summed E-state index contributed by atoms with van der Waals surface area (Å²) in [5.41, 5.74) is 7.13. The quantitative estimate of drug-likeness (QED) is 0.899. The van der Waals surface area contributed by atoms with E-state index in [0.717, 1.165) is 43.5 Å². The predicted octanol–water partition coefficient (Wildman–Crippen LogP) is 2.49. The van der Waals surface area contributed by atoms with Crippen molar-refractivity contribution in [3.63, 3.8) is 0 Å². The summed E-state index contributed by atoms with van der Waals surface area (Å²) in [4.78, 5) is 14.4. The van der Waals surface area contributed by atoms with E-state index in [9.17, 15) is 4.79 Å². The van der Waals surface area contributed by atoms with Gasteiger partial charge in [-0.15, -0.1) is 0 Å². The summed E-state index contributed by atoms with van der Waals surface area (Å²) in [5, 5.41) is 0. The van der Waals surface area contributed by atoms with Crippen LogP contribution in [0.2, 0.25) is 0 Å². The predicted molar refractivity (Wildman–Crippen MR) is 79.6 cm³/mol. The maximum absolute atomic E-state index is 12.4. The third-order valence-electron chi connectivity index (χ3n) is 3.93. The number of hydrogen-bond donors (Lipinski definition) is 1. The molecule has 1 aliphatic rings. The molecule has 4 heteroatoms. The van der Waals surface area contributed by atoms with Crippen molar-refractivity contribution in [2.45, 2.75) is 44.7 Å². The number of carbonyl (C=O) groups excluding carboxylic acids is 1. The number of nitrogens with two attached hydrogens (primary N) is 1. The SMILES string of the molecule is CCCC(N)C(=O)N1CCCC1c1cccc(OC)c1. The fourth-order valence-corrected chi connectivity index (χ4v) is 2.87. The number of methoxy groups -OCH3 is 1. The van der Waals surface area contributed by atoms with Crippen molar-refractivity contribution in [2.75, 3.05) is 13.7 Å². The van der Waals surface area contributed by atoms with Gasteiger partial charge in [0.1, 0.15) is 5.75 Å². The molecular weight excluding hydrogens is 252 g/mol. The lowest BCUT2D eigenvalue weighted by molar-refractivity contribution is -0.133. The molecule has 2 rings (SSSR count). The third-order valence-corrected chi connectivity index (χ3v) is 3.93. The van der Waals surface area contributed by atoms with Gasteiger partial charge in [-0.1, -0.05) is 25.5 Å². The van der Waals surface area contributed by atoms with E-state index >= 15 is 0 Å². The number of hydrogen-bond acceptors (Lipinski definition) is 3. The second-order valence-electron chi connectivity index (χ2n) is 5.36. The van der Waals surface area contributed by atoms with Crippen molar-refractivity contribution >= 4 is 5.91 Å². The molecule has 0 spiro atoms. The Balaban J connectivity index is 2.16. The van der Waals surface area contributed by atoms with Crippen molar-refractivity contribution in [3.8, 4) is 5.75 Å². The lowest BCUT2D eigenvalue weighted by atomic mass is 10.0. The van der Waals surface area contributed by atoms with Gasteiger partial charge in [0, 0.05) is 6.54 Å². The molecule has 110 valence electrons. The zero-order chi connectivity index (χ0) is 14.5. The van der Waals surface area contributed by atoms with E-state index in [1.807, 2.05) is 23.1 Å². The molecule has 4 nitrogen and oxygen atoms in total. The molecule has 2 N–H and O–H groups in total. The Morgan fingerprint density at radius 1 is 1.55 bits per heavy atom. The van der Waals surface area contributed by atoms with Gasteiger partial charge in [0.25, 0.3) is 0 Å². The highest BCUT2D eigenvalue weighted by Gasteiger charge is 2.32. The molecule has 0 bridgehead atoms. The highest BCUT2D eigenvalue weighted by Crippen LogP contribution is 2.33. The smallest absolute Gasteiger partial charge is 0.239 e. The molecule has 0 aromatic heterocycles. The maximum Gasteiger partial charge on any atom is 0.239 e. The molecule has 2 atom stereocenters. The van der Waals surface area contributed by atoms with Crippen LogP contribution in [0.4, 0.5) is 0 Å². The third kappa shape index (κ3) is 3.12. The lowest BCUT2D eigenvalue weighted by Gasteiger charge is -2.28. The van der Waals surface area contributed by atoms with Gasteiger partial charge in [-0.2, -0.15) is 0 Å². The molecular formula is C16H24N2O2. The van der Waals surface area contributed by atoms with E-state index in [0.29, 0.717) is 0 Å². The van der Waals surface area contributed by atoms with Gasteiger partial charge in [-0.25, -0.2) is 0 Å². The second-order valence-corrected chi connectivity index (χ2v) is 5.36. The number of ether oxygens (including phenoxy) is 1. The molecule has 1 aromatic rings. The van der Waals surface area contributed by atoms with Gasteiger partial charge in [0.15, 0.2) is 0 Å². The fourth-order valence-electron chi connectivity index (χ4n) is 2.87. The molecule has 1 amide bonds. The Kier molecular flexibility index (Phi) is 5.01. The maximum atomic E-state index is 12.4. The summed E-state index contributed by atoms with van der Waals surface area (Å²) in [5.74, 6) is 0.914. The minimum atomic E-state index is -0.369. The van der Waals surface area contributed by atoms with Crippen LogP contribution in [0.25, 0.3) is 0 Å². The van der Waals surface area contributed by atoms with Crippen molar-refractivity contribution in [1.29, 1.82) is 0 Å². The van der Waals surface area contributed by atoms with Gasteiger partial charge in [-0.3, -0.25) is 4.79 Å². The van der Waals surface area contributed by atoms with E-state index in [2.05, 4.69) is 13.0 Å². The molecule has 0 radical (unpaired) electrons. The van der Waals surface area contributed by atoms with Crippen LogP contribution >= 0.6 is 0 Å². The van der Waals surface area contributed by atoms with Crippen LogP contribution in [0.5, 0.6) is 5.75 Å². The lowest BCUT2D eigenvalue weighted by Crippen LogP contribution is -2.43. The van der Waals surface area contributed by atoms with Gasteiger partial charge in [-0.05, 0) is 37.0 Å². The van der Waals surface area contributed by atoms with Crippen molar-refractivity contribution < 1.29 is 9.53 Å². The molecule has 1 aliphatic heterocycles. The number of carbonyl (C=O) groups is 1. The highest BCUT2D eigenvalue weighted by molar-refractivity contribution is 5.82. The van der Waals surface area contributed by atoms with Crippen LogP contribution in [0.15, 0.2) is 24.3 Å². The first-order valence-corrected chi connectivity index (χ1v) is 7.37. The molecule has 0 saturated carbocycles. The van der Waals surface area contributed by atoms with Crippen LogP contribution in [-0.2, 0) is 4.79 Å². The summed E-state index contributed by atoms with van der Waals surface area (Å²) in [6.07, 6.45) is 3.72. The van der Waals surface area contributed by atoms with E-state index in [-0.39, 0.29) is 18.0 Å². The average molecular weight is 276 g/mol. The first-order chi connectivity index (χ1) is 9.67. The Labute approximate surface area is 120 Å². The molecule has 1 heterocycles. The van der Waals surface area contributed by atoms with Crippen molar-refractivity contribution in [2.24, 2.45) is 5.73 Å². The van der Waals surface area contributed by atoms with Gasteiger partial charge in [0.2, 0.25) is 5.91 Å². The van der Waals surface area contributed by atoms with Gasteiger partial charge >= 0.3 is 0 Å². The van der Waals surface area contributed by atoms with E-state index < -0.39 is 0 Å². The Hall–Kier alpha value is -1.55. The Morgan fingerprint density at radius 3 is 3.05 bits per heavy atom. The number of rotatable bonds is 5. The normalized spacial score (nSPS) is 19.9. The first kappa shape index (κ1) is 14.9. The first-order valence-electron chi connectivity index (χ1n) is 7.37. The van der Waals surface area contributed by atoms with Crippen LogP contribution in [0.1, 0.15) is 44.2 Å². The minimum absolute atomic E-state index is 0.0807. The zero-order valence-corrected chi connectivity index (χ0v) is 12.3. The molecule has 2 unspecified atom stereocenters. The minimum Gasteiger partial charge on any atom is -0.497 e. The number of likely N-dealkylation sites (tertiary alicyclic amines) is 1. The van der Waals surface area contributed by atoms with E-state index in [1.54, 1.807) is 7.11 Å². The number of benzene rings is 1. The summed E-state index contributed by atoms with van der Waals surface area (Å²) < 4.78 is 5.27. The monoisotopic (exact) mass is 276 g/mol. The zero-order valence-electron chi connectivity index (χ0n) is 12.3. The van der Waals surface area contributed by atoms with Crippen LogP contribution < -0.4 is 10.5 Å².